The van der Waals surface area contributed by atoms with Gasteiger partial charge in [0.1, 0.15) is 5.75 Å². The Hall–Kier alpha value is -1.75. The monoisotopic (exact) mass is 313 g/mol. The third-order valence-electron chi connectivity index (χ3n) is 3.21. The van der Waals surface area contributed by atoms with Gasteiger partial charge in [-0.1, -0.05) is 17.7 Å². The van der Waals surface area contributed by atoms with Gasteiger partial charge in [0, 0.05) is 11.1 Å². The van der Waals surface area contributed by atoms with Gasteiger partial charge in [0.2, 0.25) is 0 Å². The lowest BCUT2D eigenvalue weighted by Gasteiger charge is -2.28. The molecular formula is C15H20ClNO4. The first kappa shape index (κ1) is 17.3. The molecule has 0 bridgehead atoms. The summed E-state index contributed by atoms with van der Waals surface area (Å²) >= 11 is 5.87. The smallest absolute Gasteiger partial charge is 0.308 e. The highest BCUT2D eigenvalue weighted by molar-refractivity contribution is 6.30. The quantitative estimate of drug-likeness (QED) is 0.846. The van der Waals surface area contributed by atoms with Crippen molar-refractivity contribution < 1.29 is 19.4 Å². The second-order valence-electron chi connectivity index (χ2n) is 5.46. The third-order valence-corrected chi connectivity index (χ3v) is 3.45. The second kappa shape index (κ2) is 6.80. The number of carboxylic acids is 1. The van der Waals surface area contributed by atoms with Crippen molar-refractivity contribution in [3.05, 3.63) is 29.3 Å². The van der Waals surface area contributed by atoms with Gasteiger partial charge in [-0.15, -0.1) is 0 Å². The summed E-state index contributed by atoms with van der Waals surface area (Å²) in [6.45, 7) is 6.41. The van der Waals surface area contributed by atoms with Gasteiger partial charge in [-0.05, 0) is 45.9 Å². The molecule has 1 aromatic rings. The molecule has 0 aliphatic heterocycles. The van der Waals surface area contributed by atoms with Gasteiger partial charge < -0.3 is 15.2 Å². The highest BCUT2D eigenvalue weighted by Gasteiger charge is 2.32. The Morgan fingerprint density at radius 3 is 2.48 bits per heavy atom. The molecule has 0 saturated carbocycles. The zero-order valence-electron chi connectivity index (χ0n) is 12.5. The fourth-order valence-electron chi connectivity index (χ4n) is 1.59. The molecule has 5 nitrogen and oxygen atoms in total. The molecular weight excluding hydrogens is 294 g/mol. The number of benzene rings is 1. The standard InChI is InChI=1S/C15H20ClNO4/c1-9(13(18)19)10(2)17-14(20)15(3,4)21-12-7-5-6-11(16)8-12/h5-10H,1-4H3,(H,17,20)(H,18,19). The normalized spacial score (nSPS) is 14.1. The number of rotatable bonds is 6. The molecule has 0 saturated heterocycles. The van der Waals surface area contributed by atoms with Crippen LogP contribution in [0.25, 0.3) is 0 Å². The molecule has 1 rings (SSSR count). The molecule has 0 aliphatic carbocycles. The maximum Gasteiger partial charge on any atom is 0.308 e. The zero-order chi connectivity index (χ0) is 16.2. The van der Waals surface area contributed by atoms with E-state index in [9.17, 15) is 9.59 Å². The van der Waals surface area contributed by atoms with Crippen LogP contribution in [-0.2, 0) is 9.59 Å². The summed E-state index contributed by atoms with van der Waals surface area (Å²) in [5.41, 5.74) is -1.14. The summed E-state index contributed by atoms with van der Waals surface area (Å²) < 4.78 is 5.64. The molecule has 6 heteroatoms. The molecule has 2 N–H and O–H groups in total. The van der Waals surface area contributed by atoms with Gasteiger partial charge in [-0.25, -0.2) is 0 Å². The summed E-state index contributed by atoms with van der Waals surface area (Å²) in [7, 11) is 0. The van der Waals surface area contributed by atoms with Crippen molar-refractivity contribution in [2.45, 2.75) is 39.3 Å². The molecule has 0 fully saturated rings. The Morgan fingerprint density at radius 2 is 1.95 bits per heavy atom. The molecule has 1 aromatic carbocycles. The topological polar surface area (TPSA) is 75.6 Å². The molecule has 21 heavy (non-hydrogen) atoms. The lowest BCUT2D eigenvalue weighted by atomic mass is 10.0. The fourth-order valence-corrected chi connectivity index (χ4v) is 1.77. The number of amides is 1. The third kappa shape index (κ3) is 4.93. The van der Waals surface area contributed by atoms with Gasteiger partial charge in [-0.3, -0.25) is 9.59 Å². The van der Waals surface area contributed by atoms with Crippen molar-refractivity contribution in [1.29, 1.82) is 0 Å². The van der Waals surface area contributed by atoms with Crippen molar-refractivity contribution in [3.8, 4) is 5.75 Å². The Kier molecular flexibility index (Phi) is 5.61. The van der Waals surface area contributed by atoms with Crippen LogP contribution in [0, 0.1) is 5.92 Å². The van der Waals surface area contributed by atoms with Crippen LogP contribution < -0.4 is 10.1 Å². The number of hydrogen-bond donors (Lipinski definition) is 2. The molecule has 2 unspecified atom stereocenters. The fraction of sp³-hybridized carbons (Fsp3) is 0.467. The molecule has 0 aliphatic rings. The first-order chi connectivity index (χ1) is 9.63. The molecule has 0 aromatic heterocycles. The predicted octanol–water partition coefficient (Wildman–Crippen LogP) is 2.72. The van der Waals surface area contributed by atoms with E-state index >= 15 is 0 Å². The number of carbonyl (C=O) groups excluding carboxylic acids is 1. The van der Waals surface area contributed by atoms with E-state index in [1.807, 2.05) is 0 Å². The molecule has 116 valence electrons. The maximum atomic E-state index is 12.2. The van der Waals surface area contributed by atoms with Crippen LogP contribution in [0.2, 0.25) is 5.02 Å². The van der Waals surface area contributed by atoms with Crippen LogP contribution in [0.4, 0.5) is 0 Å². The molecule has 0 heterocycles. The highest BCUT2D eigenvalue weighted by Crippen LogP contribution is 2.22. The van der Waals surface area contributed by atoms with Gasteiger partial charge in [0.25, 0.3) is 5.91 Å². The van der Waals surface area contributed by atoms with Crippen LogP contribution in [-0.4, -0.2) is 28.6 Å². The molecule has 0 radical (unpaired) electrons. The lowest BCUT2D eigenvalue weighted by molar-refractivity contribution is -0.143. The number of aliphatic carboxylic acids is 1. The van der Waals surface area contributed by atoms with Crippen molar-refractivity contribution >= 4 is 23.5 Å². The molecule has 2 atom stereocenters. The lowest BCUT2D eigenvalue weighted by Crippen LogP contribution is -2.51. The van der Waals surface area contributed by atoms with E-state index in [0.717, 1.165) is 0 Å². The van der Waals surface area contributed by atoms with Crippen LogP contribution in [0.5, 0.6) is 5.75 Å². The summed E-state index contributed by atoms with van der Waals surface area (Å²) in [6.07, 6.45) is 0. The van der Waals surface area contributed by atoms with E-state index in [4.69, 9.17) is 21.4 Å². The van der Waals surface area contributed by atoms with Crippen molar-refractivity contribution in [2.75, 3.05) is 0 Å². The van der Waals surface area contributed by atoms with Gasteiger partial charge in [-0.2, -0.15) is 0 Å². The first-order valence-corrected chi connectivity index (χ1v) is 6.99. The SMILES string of the molecule is CC(NC(=O)C(C)(C)Oc1cccc(Cl)c1)C(C)C(=O)O. The Balaban J connectivity index is 2.73. The minimum atomic E-state index is -1.14. The number of ether oxygens (including phenoxy) is 1. The average molecular weight is 314 g/mol. The van der Waals surface area contributed by atoms with Crippen molar-refractivity contribution in [2.24, 2.45) is 5.92 Å². The van der Waals surface area contributed by atoms with E-state index in [2.05, 4.69) is 5.32 Å². The number of nitrogens with one attached hydrogen (secondary N) is 1. The molecule has 0 spiro atoms. The molecule has 1 amide bonds. The first-order valence-electron chi connectivity index (χ1n) is 6.62. The minimum absolute atomic E-state index is 0.386. The van der Waals surface area contributed by atoms with Crippen molar-refractivity contribution in [3.63, 3.8) is 0 Å². The second-order valence-corrected chi connectivity index (χ2v) is 5.90. The Bertz CT molecular complexity index is 530. The highest BCUT2D eigenvalue weighted by atomic mass is 35.5. The Morgan fingerprint density at radius 1 is 1.33 bits per heavy atom. The Labute approximate surface area is 129 Å². The van der Waals surface area contributed by atoms with Crippen molar-refractivity contribution in [1.82, 2.24) is 5.32 Å². The number of carbonyl (C=O) groups is 2. The predicted molar refractivity (Wildman–Crippen MR) is 80.6 cm³/mol. The van der Waals surface area contributed by atoms with E-state index in [-0.39, 0.29) is 5.91 Å². The van der Waals surface area contributed by atoms with E-state index in [0.29, 0.717) is 10.8 Å². The summed E-state index contributed by atoms with van der Waals surface area (Å²) in [5.74, 6) is -1.56. The number of hydrogen-bond acceptors (Lipinski definition) is 3. The number of carboxylic acid groups (broad SMARTS) is 1. The number of halogens is 1. The van der Waals surface area contributed by atoms with Crippen LogP contribution in [0.1, 0.15) is 27.7 Å². The van der Waals surface area contributed by atoms with Crippen LogP contribution in [0.15, 0.2) is 24.3 Å². The minimum Gasteiger partial charge on any atom is -0.481 e. The maximum absolute atomic E-state index is 12.2. The summed E-state index contributed by atoms with van der Waals surface area (Å²) in [5, 5.41) is 12.1. The van der Waals surface area contributed by atoms with E-state index < -0.39 is 23.5 Å². The van der Waals surface area contributed by atoms with Crippen LogP contribution in [0.3, 0.4) is 0 Å². The largest absolute Gasteiger partial charge is 0.481 e. The van der Waals surface area contributed by atoms with Gasteiger partial charge in [0.05, 0.1) is 5.92 Å². The summed E-state index contributed by atoms with van der Waals surface area (Å²) in [4.78, 5) is 23.1. The average Bonchev–Trinajstić information content (AvgIpc) is 2.36. The van der Waals surface area contributed by atoms with E-state index in [1.165, 1.54) is 6.92 Å². The van der Waals surface area contributed by atoms with E-state index in [1.54, 1.807) is 45.0 Å². The summed E-state index contributed by atoms with van der Waals surface area (Å²) in [6, 6.07) is 6.24. The van der Waals surface area contributed by atoms with Gasteiger partial charge >= 0.3 is 5.97 Å². The van der Waals surface area contributed by atoms with Crippen LogP contribution >= 0.6 is 11.6 Å². The van der Waals surface area contributed by atoms with Gasteiger partial charge in [0.15, 0.2) is 5.60 Å². The zero-order valence-corrected chi connectivity index (χ0v) is 13.3.